The smallest absolute Gasteiger partial charge is 0.165 e. The van der Waals surface area contributed by atoms with Crippen molar-refractivity contribution in [1.82, 2.24) is 14.5 Å². The van der Waals surface area contributed by atoms with Crippen LogP contribution in [-0.2, 0) is 6.54 Å². The van der Waals surface area contributed by atoms with E-state index in [0.29, 0.717) is 12.3 Å². The lowest BCUT2D eigenvalue weighted by Gasteiger charge is -2.06. The Balaban J connectivity index is 1.72. The molecule has 0 unspecified atom stereocenters. The summed E-state index contributed by atoms with van der Waals surface area (Å²) >= 11 is 1.49. The highest BCUT2D eigenvalue weighted by Crippen LogP contribution is 2.38. The molecule has 0 aliphatic carbocycles. The van der Waals surface area contributed by atoms with Gasteiger partial charge in [0.1, 0.15) is 5.75 Å². The molecule has 0 fully saturated rings. The van der Waals surface area contributed by atoms with Gasteiger partial charge in [0.05, 0.1) is 33.7 Å². The van der Waals surface area contributed by atoms with E-state index in [1.54, 1.807) is 36.8 Å². The van der Waals surface area contributed by atoms with E-state index in [9.17, 15) is 4.39 Å². The molecule has 1 aromatic carbocycles. The quantitative estimate of drug-likeness (QED) is 0.586. The minimum absolute atomic E-state index is 0.0599. The number of ether oxygens (including phenoxy) is 1. The van der Waals surface area contributed by atoms with E-state index in [-0.39, 0.29) is 12.4 Å². The van der Waals surface area contributed by atoms with Gasteiger partial charge in [0.15, 0.2) is 11.6 Å². The van der Waals surface area contributed by atoms with Gasteiger partial charge in [-0.2, -0.15) is 0 Å². The Labute approximate surface area is 147 Å². The zero-order valence-corrected chi connectivity index (χ0v) is 13.9. The molecule has 0 amide bonds. The molecule has 126 valence electrons. The van der Waals surface area contributed by atoms with Crippen LogP contribution in [0.15, 0.2) is 55.1 Å². The molecule has 1 N–H and O–H groups in total. The molecule has 3 aromatic heterocycles. The van der Waals surface area contributed by atoms with Gasteiger partial charge in [-0.25, -0.2) is 9.37 Å². The van der Waals surface area contributed by atoms with E-state index in [1.165, 1.54) is 17.4 Å². The Morgan fingerprint density at radius 1 is 1.16 bits per heavy atom. The van der Waals surface area contributed by atoms with Crippen LogP contribution in [0.25, 0.3) is 20.8 Å². The first-order chi connectivity index (χ1) is 12.2. The number of hydrogen-bond acceptors (Lipinski definition) is 5. The molecule has 0 bridgehead atoms. The Morgan fingerprint density at radius 3 is 2.88 bits per heavy atom. The van der Waals surface area contributed by atoms with Gasteiger partial charge in [0.25, 0.3) is 0 Å². The maximum Gasteiger partial charge on any atom is 0.165 e. The molecule has 0 aliphatic heterocycles. The molecule has 5 nitrogen and oxygen atoms in total. The number of aromatic nitrogens is 3. The van der Waals surface area contributed by atoms with Gasteiger partial charge in [-0.1, -0.05) is 12.1 Å². The lowest BCUT2D eigenvalue weighted by molar-refractivity contribution is 0.276. The number of hydrogen-bond donors (Lipinski definition) is 1. The standard InChI is InChI=1S/C18H14FN3O2S/c19-12-3-1-2-4-15(12)24-16-5-6-20-13-9-17(25-18(13)16)14-10-22(7-8-23)11-21-14/h1-6,9-11,23H,7-8H2. The molecular weight excluding hydrogens is 341 g/mol. The van der Waals surface area contributed by atoms with Crippen molar-refractivity contribution in [2.75, 3.05) is 6.61 Å². The van der Waals surface area contributed by atoms with Crippen molar-refractivity contribution in [3.8, 4) is 22.1 Å². The number of fused-ring (bicyclic) bond motifs is 1. The topological polar surface area (TPSA) is 60.2 Å². The van der Waals surface area contributed by atoms with Crippen molar-refractivity contribution >= 4 is 21.6 Å². The van der Waals surface area contributed by atoms with E-state index >= 15 is 0 Å². The van der Waals surface area contributed by atoms with Gasteiger partial charge in [0.2, 0.25) is 0 Å². The molecule has 4 aromatic rings. The number of benzene rings is 1. The molecule has 0 saturated heterocycles. The summed E-state index contributed by atoms with van der Waals surface area (Å²) < 4.78 is 22.3. The Morgan fingerprint density at radius 2 is 2.04 bits per heavy atom. The highest BCUT2D eigenvalue weighted by atomic mass is 32.1. The van der Waals surface area contributed by atoms with Gasteiger partial charge in [-0.3, -0.25) is 4.98 Å². The summed E-state index contributed by atoms with van der Waals surface area (Å²) in [4.78, 5) is 9.65. The maximum atomic E-state index is 13.9. The van der Waals surface area contributed by atoms with Crippen molar-refractivity contribution in [3.05, 3.63) is 60.9 Å². The van der Waals surface area contributed by atoms with Crippen molar-refractivity contribution in [1.29, 1.82) is 0 Å². The SMILES string of the molecule is OCCn1cnc(-c2cc3nccc(Oc4ccccc4F)c3s2)c1. The number of nitrogens with zero attached hydrogens (tertiary/aromatic N) is 3. The highest BCUT2D eigenvalue weighted by Gasteiger charge is 2.13. The van der Waals surface area contributed by atoms with Gasteiger partial charge >= 0.3 is 0 Å². The van der Waals surface area contributed by atoms with Crippen LogP contribution in [0.2, 0.25) is 0 Å². The summed E-state index contributed by atoms with van der Waals surface area (Å²) in [5.41, 5.74) is 1.57. The van der Waals surface area contributed by atoms with Crippen LogP contribution in [0.5, 0.6) is 11.5 Å². The van der Waals surface area contributed by atoms with Gasteiger partial charge in [0, 0.05) is 25.0 Å². The number of halogens is 1. The minimum Gasteiger partial charge on any atom is -0.453 e. The Bertz CT molecular complexity index is 1030. The number of aliphatic hydroxyl groups is 1. The van der Waals surface area contributed by atoms with Crippen molar-refractivity contribution in [2.45, 2.75) is 6.54 Å². The molecule has 25 heavy (non-hydrogen) atoms. The van der Waals surface area contributed by atoms with Gasteiger partial charge < -0.3 is 14.4 Å². The number of thiophene rings is 1. The summed E-state index contributed by atoms with van der Waals surface area (Å²) in [7, 11) is 0. The monoisotopic (exact) mass is 355 g/mol. The number of aliphatic hydroxyl groups excluding tert-OH is 1. The molecule has 0 atom stereocenters. The van der Waals surface area contributed by atoms with Crippen LogP contribution in [0, 0.1) is 5.82 Å². The molecule has 4 rings (SSSR count). The van der Waals surface area contributed by atoms with Crippen LogP contribution in [0.1, 0.15) is 0 Å². The lowest BCUT2D eigenvalue weighted by atomic mass is 10.3. The van der Waals surface area contributed by atoms with Crippen LogP contribution in [-0.4, -0.2) is 26.2 Å². The number of pyridine rings is 1. The summed E-state index contributed by atoms with van der Waals surface area (Å²) in [5, 5.41) is 9.01. The molecule has 7 heteroatoms. The van der Waals surface area contributed by atoms with Gasteiger partial charge in [-0.15, -0.1) is 11.3 Å². The maximum absolute atomic E-state index is 13.9. The molecule has 0 aliphatic rings. The third kappa shape index (κ3) is 3.11. The van der Waals surface area contributed by atoms with E-state index in [0.717, 1.165) is 20.8 Å². The number of para-hydroxylation sites is 1. The summed E-state index contributed by atoms with van der Waals surface area (Å²) in [5.74, 6) is 0.324. The lowest BCUT2D eigenvalue weighted by Crippen LogP contribution is -1.97. The number of rotatable bonds is 5. The average Bonchev–Trinajstić information content (AvgIpc) is 3.24. The van der Waals surface area contributed by atoms with E-state index < -0.39 is 5.82 Å². The first-order valence-electron chi connectivity index (χ1n) is 7.68. The van der Waals surface area contributed by atoms with Crippen LogP contribution in [0.3, 0.4) is 0 Å². The fourth-order valence-corrected chi connectivity index (χ4v) is 3.52. The van der Waals surface area contributed by atoms with Crippen molar-refractivity contribution < 1.29 is 14.2 Å². The number of imidazole rings is 1. The normalized spacial score (nSPS) is 11.1. The average molecular weight is 355 g/mol. The first-order valence-corrected chi connectivity index (χ1v) is 8.50. The van der Waals surface area contributed by atoms with Gasteiger partial charge in [-0.05, 0) is 18.2 Å². The Hall–Kier alpha value is -2.77. The highest BCUT2D eigenvalue weighted by molar-refractivity contribution is 7.22. The molecule has 0 saturated carbocycles. The first kappa shape index (κ1) is 15.7. The van der Waals surface area contributed by atoms with E-state index in [4.69, 9.17) is 9.84 Å². The second-order valence-corrected chi connectivity index (χ2v) is 6.44. The summed E-state index contributed by atoms with van der Waals surface area (Å²) in [6, 6.07) is 9.95. The predicted octanol–water partition coefficient (Wildman–Crippen LogP) is 4.08. The van der Waals surface area contributed by atoms with Crippen molar-refractivity contribution in [3.63, 3.8) is 0 Å². The zero-order chi connectivity index (χ0) is 17.2. The summed E-state index contributed by atoms with van der Waals surface area (Å²) in [6.07, 6.45) is 5.19. The van der Waals surface area contributed by atoms with Crippen LogP contribution < -0.4 is 4.74 Å². The predicted molar refractivity (Wildman–Crippen MR) is 94.4 cm³/mol. The van der Waals surface area contributed by atoms with Crippen molar-refractivity contribution in [2.24, 2.45) is 0 Å². The minimum atomic E-state index is -0.410. The zero-order valence-electron chi connectivity index (χ0n) is 13.1. The van der Waals surface area contributed by atoms with E-state index in [2.05, 4.69) is 9.97 Å². The Kier molecular flexibility index (Phi) is 4.17. The fourth-order valence-electron chi connectivity index (χ4n) is 2.49. The molecule has 0 spiro atoms. The third-order valence-electron chi connectivity index (χ3n) is 3.68. The second-order valence-electron chi connectivity index (χ2n) is 5.39. The van der Waals surface area contributed by atoms with Crippen LogP contribution in [0.4, 0.5) is 4.39 Å². The fraction of sp³-hybridized carbons (Fsp3) is 0.111. The molecule has 0 radical (unpaired) electrons. The second kappa shape index (κ2) is 6.62. The molecule has 3 heterocycles. The third-order valence-corrected chi connectivity index (χ3v) is 4.84. The largest absolute Gasteiger partial charge is 0.453 e. The van der Waals surface area contributed by atoms with Crippen LogP contribution >= 0.6 is 11.3 Å². The molecular formula is C18H14FN3O2S. The van der Waals surface area contributed by atoms with E-state index in [1.807, 2.05) is 16.8 Å². The summed E-state index contributed by atoms with van der Waals surface area (Å²) in [6.45, 7) is 0.558.